The second-order valence-electron chi connectivity index (χ2n) is 8.81. The molecule has 2 saturated heterocycles. The summed E-state index contributed by atoms with van der Waals surface area (Å²) in [4.78, 5) is 0. The molecule has 5 N–H and O–H groups in total. The molecule has 6 nitrogen and oxygen atoms in total. The van der Waals surface area contributed by atoms with Crippen LogP contribution in [0.4, 0.5) is 8.78 Å². The molecule has 3 fully saturated rings. The molecule has 1 saturated carbocycles. The van der Waals surface area contributed by atoms with Crippen molar-refractivity contribution in [3.8, 4) is 0 Å². The third kappa shape index (κ3) is 4.67. The van der Waals surface area contributed by atoms with Crippen molar-refractivity contribution in [2.24, 2.45) is 11.8 Å². The van der Waals surface area contributed by atoms with Crippen molar-refractivity contribution in [2.75, 3.05) is 26.2 Å². The van der Waals surface area contributed by atoms with Crippen molar-refractivity contribution in [1.82, 2.24) is 26.6 Å². The molecule has 4 aliphatic rings. The Labute approximate surface area is 177 Å². The second kappa shape index (κ2) is 9.66. The number of alkyl halides is 2. The van der Waals surface area contributed by atoms with Crippen molar-refractivity contribution in [2.45, 2.75) is 82.4 Å². The standard InChI is InChI=1S/C21H37F2N5O/c1-3-25-20-17(22)12(2)26-21(28-20)27-15-11-14-7-10-29-19(14)16(18(15)23)13-5-4-8-24-9-6-13/h6,12,14-21,24-28H,3-5,7-11H2,1-2H3/i1D3. The van der Waals surface area contributed by atoms with Gasteiger partial charge in [0.1, 0.15) is 18.6 Å². The molecule has 0 aromatic carbocycles. The van der Waals surface area contributed by atoms with Crippen LogP contribution in [0.15, 0.2) is 11.6 Å². The average Bonchev–Trinajstić information content (AvgIpc) is 3.02. The van der Waals surface area contributed by atoms with Crippen LogP contribution in [-0.4, -0.2) is 69.2 Å². The lowest BCUT2D eigenvalue weighted by Crippen LogP contribution is -2.73. The number of halogens is 2. The lowest BCUT2D eigenvalue weighted by atomic mass is 9.71. The largest absolute Gasteiger partial charge is 0.377 e. The Kier molecular flexibility index (Phi) is 5.99. The molecule has 0 amide bonds. The highest BCUT2D eigenvalue weighted by Gasteiger charge is 2.50. The Bertz CT molecular complexity index is 670. The predicted molar refractivity (Wildman–Crippen MR) is 110 cm³/mol. The Hall–Kier alpha value is -0.640. The minimum Gasteiger partial charge on any atom is -0.377 e. The summed E-state index contributed by atoms with van der Waals surface area (Å²) in [7, 11) is 0. The van der Waals surface area contributed by atoms with Crippen LogP contribution in [0.2, 0.25) is 0 Å². The van der Waals surface area contributed by atoms with E-state index in [1.807, 2.05) is 0 Å². The first-order chi connectivity index (χ1) is 15.2. The molecule has 1 aliphatic carbocycles. The first kappa shape index (κ1) is 18.0. The minimum absolute atomic E-state index is 0.0810. The quantitative estimate of drug-likeness (QED) is 0.434. The van der Waals surface area contributed by atoms with Gasteiger partial charge in [0.2, 0.25) is 0 Å². The van der Waals surface area contributed by atoms with E-state index in [0.717, 1.165) is 37.9 Å². The molecule has 29 heavy (non-hydrogen) atoms. The van der Waals surface area contributed by atoms with Crippen LogP contribution in [0.25, 0.3) is 0 Å². The normalized spacial score (nSPS) is 48.0. The second-order valence-corrected chi connectivity index (χ2v) is 8.81. The van der Waals surface area contributed by atoms with Gasteiger partial charge in [0.05, 0.1) is 12.3 Å². The zero-order chi connectivity index (χ0) is 22.9. The van der Waals surface area contributed by atoms with Crippen LogP contribution in [0.1, 0.15) is 43.6 Å². The minimum atomic E-state index is -2.20. The van der Waals surface area contributed by atoms with E-state index in [9.17, 15) is 4.39 Å². The predicted octanol–water partition coefficient (Wildman–Crippen LogP) is 1.16. The van der Waals surface area contributed by atoms with Crippen molar-refractivity contribution in [3.63, 3.8) is 0 Å². The molecule has 4 rings (SSSR count). The van der Waals surface area contributed by atoms with Gasteiger partial charge in [-0.25, -0.2) is 8.78 Å². The topological polar surface area (TPSA) is 69.4 Å². The number of ether oxygens (including phenoxy) is 1. The maximum atomic E-state index is 16.0. The maximum Gasteiger partial charge on any atom is 0.143 e. The third-order valence-corrected chi connectivity index (χ3v) is 6.93. The van der Waals surface area contributed by atoms with Crippen molar-refractivity contribution in [3.05, 3.63) is 11.6 Å². The van der Waals surface area contributed by atoms with Crippen LogP contribution in [-0.2, 0) is 4.74 Å². The molecule has 9 atom stereocenters. The number of hydrogen-bond acceptors (Lipinski definition) is 6. The van der Waals surface area contributed by atoms with Gasteiger partial charge in [0, 0.05) is 35.3 Å². The molecule has 166 valence electrons. The highest BCUT2D eigenvalue weighted by Crippen LogP contribution is 2.44. The summed E-state index contributed by atoms with van der Waals surface area (Å²) in [5, 5.41) is 15.6. The molecule has 3 aliphatic heterocycles. The van der Waals surface area contributed by atoms with Crippen LogP contribution in [0.3, 0.4) is 0 Å². The monoisotopic (exact) mass is 416 g/mol. The van der Waals surface area contributed by atoms with Crippen LogP contribution in [0, 0.1) is 11.8 Å². The zero-order valence-electron chi connectivity index (χ0n) is 20.1. The molecular weight excluding hydrogens is 376 g/mol. The zero-order valence-corrected chi connectivity index (χ0v) is 17.1. The van der Waals surface area contributed by atoms with Crippen molar-refractivity contribution >= 4 is 0 Å². The van der Waals surface area contributed by atoms with E-state index in [4.69, 9.17) is 8.85 Å². The Morgan fingerprint density at radius 2 is 2.21 bits per heavy atom. The van der Waals surface area contributed by atoms with Gasteiger partial charge in [0.25, 0.3) is 0 Å². The lowest BCUT2D eigenvalue weighted by Gasteiger charge is -2.46. The van der Waals surface area contributed by atoms with Crippen molar-refractivity contribution < 1.29 is 17.6 Å². The van der Waals surface area contributed by atoms with E-state index in [2.05, 4.69) is 32.7 Å². The number of fused-ring (bicyclic) bond motifs is 1. The SMILES string of the molecule is [2H]C([2H])([2H])CNC1NC(NC2CC3CCOC3C(C3=CCNCCC3)C2F)NC(C)C1F. The average molecular weight is 417 g/mol. The molecule has 0 aromatic heterocycles. The van der Waals surface area contributed by atoms with Crippen LogP contribution < -0.4 is 26.6 Å². The van der Waals surface area contributed by atoms with E-state index in [1.165, 1.54) is 0 Å². The van der Waals surface area contributed by atoms with Gasteiger partial charge in [-0.15, -0.1) is 0 Å². The molecule has 3 heterocycles. The Morgan fingerprint density at radius 3 is 3.07 bits per heavy atom. The van der Waals surface area contributed by atoms with Gasteiger partial charge in [-0.2, -0.15) is 0 Å². The lowest BCUT2D eigenvalue weighted by molar-refractivity contribution is -0.0283. The smallest absolute Gasteiger partial charge is 0.143 e. The summed E-state index contributed by atoms with van der Waals surface area (Å²) in [5.74, 6) is 0.0223. The molecule has 0 aromatic rings. The summed E-state index contributed by atoms with van der Waals surface area (Å²) in [6.45, 7) is 1.57. The van der Waals surface area contributed by atoms with Crippen LogP contribution >= 0.6 is 0 Å². The summed E-state index contributed by atoms with van der Waals surface area (Å²) >= 11 is 0. The van der Waals surface area contributed by atoms with Gasteiger partial charge < -0.3 is 10.1 Å². The summed E-state index contributed by atoms with van der Waals surface area (Å²) in [6, 6.07) is -0.921. The van der Waals surface area contributed by atoms with E-state index in [-0.39, 0.29) is 18.6 Å². The molecular formula is C21H37F2N5O. The summed E-state index contributed by atoms with van der Waals surface area (Å²) < 4.78 is 58.8. The third-order valence-electron chi connectivity index (χ3n) is 6.93. The molecule has 8 heteroatoms. The maximum absolute atomic E-state index is 16.0. The van der Waals surface area contributed by atoms with Gasteiger partial charge >= 0.3 is 0 Å². The molecule has 0 spiro atoms. The number of nitrogens with one attached hydrogen (secondary N) is 5. The summed E-state index contributed by atoms with van der Waals surface area (Å²) in [5.41, 5.74) is 1.14. The Morgan fingerprint density at radius 1 is 1.31 bits per heavy atom. The fraction of sp³-hybridized carbons (Fsp3) is 0.905. The molecule has 0 radical (unpaired) electrons. The fourth-order valence-electron chi connectivity index (χ4n) is 5.45. The number of rotatable bonds is 5. The van der Waals surface area contributed by atoms with Crippen molar-refractivity contribution in [1.29, 1.82) is 0 Å². The van der Waals surface area contributed by atoms with E-state index >= 15 is 4.39 Å². The first-order valence-electron chi connectivity index (χ1n) is 12.5. The highest BCUT2D eigenvalue weighted by atomic mass is 19.1. The summed E-state index contributed by atoms with van der Waals surface area (Å²) in [6.07, 6.45) is 1.71. The van der Waals surface area contributed by atoms with Gasteiger partial charge in [-0.1, -0.05) is 18.5 Å². The van der Waals surface area contributed by atoms with Gasteiger partial charge in [-0.3, -0.25) is 21.3 Å². The Balaban J connectivity index is 1.44. The van der Waals surface area contributed by atoms with E-state index in [0.29, 0.717) is 18.9 Å². The first-order valence-corrected chi connectivity index (χ1v) is 11.0. The van der Waals surface area contributed by atoms with Crippen LogP contribution in [0.5, 0.6) is 0 Å². The molecule has 9 unspecified atom stereocenters. The highest BCUT2D eigenvalue weighted by molar-refractivity contribution is 5.18. The number of hydrogen-bond donors (Lipinski definition) is 5. The van der Waals surface area contributed by atoms with E-state index < -0.39 is 43.7 Å². The van der Waals surface area contributed by atoms with Gasteiger partial charge in [0.15, 0.2) is 0 Å². The molecule has 0 bridgehead atoms. The fourth-order valence-corrected chi connectivity index (χ4v) is 5.45. The van der Waals surface area contributed by atoms with E-state index in [1.54, 1.807) is 6.92 Å². The van der Waals surface area contributed by atoms with Gasteiger partial charge in [-0.05, 0) is 51.6 Å².